The van der Waals surface area contributed by atoms with Crippen LogP contribution in [0.15, 0.2) is 12.7 Å². The van der Waals surface area contributed by atoms with Crippen molar-refractivity contribution < 1.29 is 57.6 Å². The molecule has 0 bridgehead atoms. The lowest BCUT2D eigenvalue weighted by Gasteiger charge is -2.07. The van der Waals surface area contributed by atoms with Gasteiger partial charge in [-0.1, -0.05) is 6.58 Å². The van der Waals surface area contributed by atoms with E-state index in [9.17, 15) is 28.8 Å². The van der Waals surface area contributed by atoms with Gasteiger partial charge in [-0.3, -0.25) is 24.0 Å². The second-order valence-corrected chi connectivity index (χ2v) is 10.7. The van der Waals surface area contributed by atoms with Gasteiger partial charge in [0.2, 0.25) is 0 Å². The summed E-state index contributed by atoms with van der Waals surface area (Å²) in [6.45, 7) is 4.90. The number of esters is 5. The molecule has 0 rings (SSSR count). The Labute approximate surface area is 267 Å². The van der Waals surface area contributed by atoms with Crippen LogP contribution in [-0.4, -0.2) is 74.0 Å². The molecule has 0 unspecified atom stereocenters. The third-order valence-electron chi connectivity index (χ3n) is 6.60. The highest BCUT2D eigenvalue weighted by Crippen LogP contribution is 2.08. The summed E-state index contributed by atoms with van der Waals surface area (Å²) >= 11 is 0. The fourth-order valence-electron chi connectivity index (χ4n) is 4.01. The number of carbonyl (C=O) groups is 6. The van der Waals surface area contributed by atoms with Gasteiger partial charge >= 0.3 is 35.8 Å². The van der Waals surface area contributed by atoms with Gasteiger partial charge in [-0.25, -0.2) is 4.79 Å². The fraction of sp³-hybridized carbons (Fsp3) is 0.758. The highest BCUT2D eigenvalue weighted by atomic mass is 16.5. The van der Waals surface area contributed by atoms with Gasteiger partial charge in [-0.05, 0) is 96.3 Å². The third kappa shape index (κ3) is 31.8. The zero-order chi connectivity index (χ0) is 33.4. The van der Waals surface area contributed by atoms with Crippen LogP contribution in [0.3, 0.4) is 0 Å². The van der Waals surface area contributed by atoms with Crippen molar-refractivity contribution in [1.29, 1.82) is 0 Å². The predicted octanol–water partition coefficient (Wildman–Crippen LogP) is 5.78. The van der Waals surface area contributed by atoms with Crippen LogP contribution in [0.2, 0.25) is 0 Å². The van der Waals surface area contributed by atoms with Crippen molar-refractivity contribution in [2.45, 2.75) is 128 Å². The SMILES string of the molecule is C=CC(=O)OCCCCCC(=O)OCCCCCC(=O)OCCCCCC(=O)OCCCCCC(=O)OCCCCCC(=O)O. The standard InChI is InChI=1S/C33H54O12/c1-2-29(36)41-23-14-4-9-19-31(38)43-25-16-6-11-21-33(40)45-27-17-7-12-22-32(39)44-26-15-5-10-20-30(37)42-24-13-3-8-18-28(34)35/h2H,1,3-27H2,(H,34,35). The van der Waals surface area contributed by atoms with Crippen molar-refractivity contribution in [3.63, 3.8) is 0 Å². The summed E-state index contributed by atoms with van der Waals surface area (Å²) in [5, 5.41) is 8.57. The first-order valence-corrected chi connectivity index (χ1v) is 16.4. The molecule has 0 aliphatic heterocycles. The minimum absolute atomic E-state index is 0.131. The summed E-state index contributed by atoms with van der Waals surface area (Å²) in [6, 6.07) is 0. The van der Waals surface area contributed by atoms with Crippen LogP contribution in [0.5, 0.6) is 0 Å². The third-order valence-corrected chi connectivity index (χ3v) is 6.60. The van der Waals surface area contributed by atoms with Crippen LogP contribution in [0.4, 0.5) is 0 Å². The Balaban J connectivity index is 3.44. The first kappa shape index (κ1) is 41.6. The quantitative estimate of drug-likeness (QED) is 0.0420. The van der Waals surface area contributed by atoms with Crippen LogP contribution < -0.4 is 0 Å². The molecule has 45 heavy (non-hydrogen) atoms. The van der Waals surface area contributed by atoms with Gasteiger partial charge in [0.1, 0.15) is 0 Å². The molecule has 0 radical (unpaired) electrons. The van der Waals surface area contributed by atoms with E-state index in [4.69, 9.17) is 28.8 Å². The van der Waals surface area contributed by atoms with E-state index in [0.717, 1.165) is 31.8 Å². The highest BCUT2D eigenvalue weighted by molar-refractivity contribution is 5.81. The number of hydrogen-bond donors (Lipinski definition) is 1. The Bertz CT molecular complexity index is 855. The Morgan fingerprint density at radius 1 is 0.400 bits per heavy atom. The molecule has 12 heteroatoms. The molecule has 0 saturated heterocycles. The molecule has 0 aromatic rings. The van der Waals surface area contributed by atoms with Crippen molar-refractivity contribution in [2.75, 3.05) is 33.0 Å². The Morgan fingerprint density at radius 3 is 0.933 bits per heavy atom. The molecule has 0 saturated carbocycles. The number of carboxylic acids is 1. The average molecular weight is 643 g/mol. The maximum absolute atomic E-state index is 11.8. The second kappa shape index (κ2) is 30.6. The lowest BCUT2D eigenvalue weighted by Crippen LogP contribution is -2.08. The predicted molar refractivity (Wildman–Crippen MR) is 165 cm³/mol. The summed E-state index contributed by atoms with van der Waals surface area (Å²) in [7, 11) is 0. The van der Waals surface area contributed by atoms with E-state index in [0.29, 0.717) is 129 Å². The van der Waals surface area contributed by atoms with E-state index < -0.39 is 11.9 Å². The molecule has 0 atom stereocenters. The Kier molecular flexibility index (Phi) is 28.2. The molecule has 0 aliphatic carbocycles. The zero-order valence-corrected chi connectivity index (χ0v) is 26.9. The smallest absolute Gasteiger partial charge is 0.330 e. The van der Waals surface area contributed by atoms with Gasteiger partial charge in [0, 0.05) is 38.2 Å². The largest absolute Gasteiger partial charge is 0.481 e. The fourth-order valence-corrected chi connectivity index (χ4v) is 4.01. The van der Waals surface area contributed by atoms with E-state index in [1.165, 1.54) is 0 Å². The number of unbranched alkanes of at least 4 members (excludes halogenated alkanes) is 10. The molecule has 0 heterocycles. The number of carbonyl (C=O) groups excluding carboxylic acids is 5. The first-order valence-electron chi connectivity index (χ1n) is 16.4. The number of ether oxygens (including phenoxy) is 5. The molecule has 0 amide bonds. The molecule has 0 aromatic heterocycles. The van der Waals surface area contributed by atoms with E-state index in [2.05, 4.69) is 6.58 Å². The molecule has 0 aromatic carbocycles. The maximum Gasteiger partial charge on any atom is 0.330 e. The summed E-state index contributed by atoms with van der Waals surface area (Å²) in [6.07, 6.45) is 12.8. The summed E-state index contributed by atoms with van der Waals surface area (Å²) in [4.78, 5) is 68.4. The molecule has 0 aliphatic rings. The molecule has 258 valence electrons. The van der Waals surface area contributed by atoms with Gasteiger partial charge < -0.3 is 28.8 Å². The van der Waals surface area contributed by atoms with Crippen molar-refractivity contribution in [3.8, 4) is 0 Å². The van der Waals surface area contributed by atoms with Gasteiger partial charge in [0.15, 0.2) is 0 Å². The van der Waals surface area contributed by atoms with E-state index in [-0.39, 0.29) is 30.3 Å². The monoisotopic (exact) mass is 642 g/mol. The van der Waals surface area contributed by atoms with Crippen LogP contribution in [0.1, 0.15) is 128 Å². The normalized spacial score (nSPS) is 10.5. The van der Waals surface area contributed by atoms with Gasteiger partial charge in [0.05, 0.1) is 33.0 Å². The van der Waals surface area contributed by atoms with Gasteiger partial charge in [-0.15, -0.1) is 0 Å². The summed E-state index contributed by atoms with van der Waals surface area (Å²) in [5.41, 5.74) is 0. The molecule has 12 nitrogen and oxygen atoms in total. The van der Waals surface area contributed by atoms with Gasteiger partial charge in [-0.2, -0.15) is 0 Å². The maximum atomic E-state index is 11.8. The van der Waals surface area contributed by atoms with Crippen molar-refractivity contribution >= 4 is 35.8 Å². The minimum atomic E-state index is -0.819. The second-order valence-electron chi connectivity index (χ2n) is 10.7. The minimum Gasteiger partial charge on any atom is -0.481 e. The number of carboxylic acid groups (broad SMARTS) is 1. The van der Waals surface area contributed by atoms with Crippen LogP contribution in [0, 0.1) is 0 Å². The molecule has 1 N–H and O–H groups in total. The van der Waals surface area contributed by atoms with Crippen LogP contribution >= 0.6 is 0 Å². The lowest BCUT2D eigenvalue weighted by molar-refractivity contribution is -0.145. The zero-order valence-electron chi connectivity index (χ0n) is 26.9. The topological polar surface area (TPSA) is 169 Å². The number of hydrogen-bond acceptors (Lipinski definition) is 11. The molecule has 0 spiro atoms. The van der Waals surface area contributed by atoms with Crippen LogP contribution in [0.25, 0.3) is 0 Å². The highest BCUT2D eigenvalue weighted by Gasteiger charge is 2.07. The summed E-state index contributed by atoms with van der Waals surface area (Å²) in [5.74, 6) is -2.30. The van der Waals surface area contributed by atoms with Crippen molar-refractivity contribution in [2.24, 2.45) is 0 Å². The molecular formula is C33H54O12. The van der Waals surface area contributed by atoms with Crippen molar-refractivity contribution in [3.05, 3.63) is 12.7 Å². The number of rotatable bonds is 31. The first-order chi connectivity index (χ1) is 21.7. The molecule has 0 fully saturated rings. The lowest BCUT2D eigenvalue weighted by atomic mass is 10.2. The van der Waals surface area contributed by atoms with E-state index in [1.54, 1.807) is 0 Å². The summed E-state index contributed by atoms with van der Waals surface area (Å²) < 4.78 is 25.6. The van der Waals surface area contributed by atoms with E-state index in [1.807, 2.05) is 0 Å². The van der Waals surface area contributed by atoms with Gasteiger partial charge in [0.25, 0.3) is 0 Å². The Morgan fingerprint density at radius 2 is 0.667 bits per heavy atom. The van der Waals surface area contributed by atoms with Crippen LogP contribution in [-0.2, 0) is 52.5 Å². The Hall–Kier alpha value is -3.44. The molecular weight excluding hydrogens is 588 g/mol. The van der Waals surface area contributed by atoms with Crippen molar-refractivity contribution in [1.82, 2.24) is 0 Å². The number of aliphatic carboxylic acids is 1. The average Bonchev–Trinajstić information content (AvgIpc) is 3.01. The van der Waals surface area contributed by atoms with E-state index >= 15 is 0 Å².